The molecule has 1 rings (SSSR count). The zero-order chi connectivity index (χ0) is 12.3. The summed E-state index contributed by atoms with van der Waals surface area (Å²) in [5.74, 6) is -0.785. The molecule has 1 N–H and O–H groups in total. The molecule has 0 fully saturated rings. The second-order valence-corrected chi connectivity index (χ2v) is 6.27. The van der Waals surface area contributed by atoms with Gasteiger partial charge in [-0.1, -0.05) is 32.4 Å². The third-order valence-electron chi connectivity index (χ3n) is 2.08. The molecule has 16 heavy (non-hydrogen) atoms. The van der Waals surface area contributed by atoms with Gasteiger partial charge in [-0.25, -0.2) is 0 Å². The predicted molar refractivity (Wildman–Crippen MR) is 68.2 cm³/mol. The van der Waals surface area contributed by atoms with Crippen LogP contribution < -0.4 is 0 Å². The van der Waals surface area contributed by atoms with E-state index >= 15 is 0 Å². The minimum atomic E-state index is -0.785. The molecule has 0 bridgehead atoms. The van der Waals surface area contributed by atoms with Gasteiger partial charge in [0, 0.05) is 9.92 Å². The van der Waals surface area contributed by atoms with Crippen LogP contribution in [-0.2, 0) is 4.79 Å². The van der Waals surface area contributed by atoms with Gasteiger partial charge in [0.25, 0.3) is 0 Å². The molecular formula is C12H15ClO2S. The molecule has 1 aromatic rings. The van der Waals surface area contributed by atoms with E-state index in [0.29, 0.717) is 5.02 Å². The quantitative estimate of drug-likeness (QED) is 0.835. The second kappa shape index (κ2) is 5.11. The van der Waals surface area contributed by atoms with Crippen LogP contribution in [0.2, 0.25) is 5.02 Å². The smallest absolute Gasteiger partial charge is 0.317 e. The molecule has 1 unspecified atom stereocenters. The number of aliphatic carboxylic acids is 1. The van der Waals surface area contributed by atoms with Crippen molar-refractivity contribution < 1.29 is 9.90 Å². The third-order valence-corrected chi connectivity index (χ3v) is 4.02. The first-order valence-corrected chi connectivity index (χ1v) is 6.21. The largest absolute Gasteiger partial charge is 0.480 e. The summed E-state index contributed by atoms with van der Waals surface area (Å²) in [5, 5.41) is 9.37. The van der Waals surface area contributed by atoms with Gasteiger partial charge in [0.05, 0.1) is 0 Å². The van der Waals surface area contributed by atoms with Crippen LogP contribution in [-0.4, -0.2) is 16.3 Å². The molecule has 2 nitrogen and oxygen atoms in total. The maximum atomic E-state index is 11.2. The molecule has 0 spiro atoms. The van der Waals surface area contributed by atoms with Crippen molar-refractivity contribution in [3.8, 4) is 0 Å². The molecule has 0 aliphatic heterocycles. The van der Waals surface area contributed by atoms with E-state index in [-0.39, 0.29) is 5.41 Å². The number of rotatable bonds is 3. The molecule has 0 aromatic heterocycles. The van der Waals surface area contributed by atoms with Crippen molar-refractivity contribution in [3.63, 3.8) is 0 Å². The highest BCUT2D eigenvalue weighted by atomic mass is 35.5. The first-order valence-electron chi connectivity index (χ1n) is 4.96. The van der Waals surface area contributed by atoms with Gasteiger partial charge in [-0.3, -0.25) is 4.79 Å². The van der Waals surface area contributed by atoms with E-state index < -0.39 is 11.2 Å². The summed E-state index contributed by atoms with van der Waals surface area (Å²) in [5.41, 5.74) is -0.282. The number of carbonyl (C=O) groups is 1. The Morgan fingerprint density at radius 1 is 1.31 bits per heavy atom. The fourth-order valence-electron chi connectivity index (χ4n) is 1.25. The van der Waals surface area contributed by atoms with E-state index in [0.717, 1.165) is 4.90 Å². The number of halogens is 1. The first-order chi connectivity index (χ1) is 7.30. The minimum absolute atomic E-state index is 0.282. The van der Waals surface area contributed by atoms with Gasteiger partial charge < -0.3 is 5.11 Å². The van der Waals surface area contributed by atoms with Crippen LogP contribution in [0, 0.1) is 5.41 Å². The van der Waals surface area contributed by atoms with Crippen molar-refractivity contribution in [3.05, 3.63) is 29.3 Å². The first kappa shape index (κ1) is 13.4. The highest BCUT2D eigenvalue weighted by Crippen LogP contribution is 2.35. The third kappa shape index (κ3) is 3.72. The van der Waals surface area contributed by atoms with Crippen LogP contribution in [0.15, 0.2) is 29.2 Å². The van der Waals surface area contributed by atoms with Crippen LogP contribution in [0.4, 0.5) is 0 Å². The average molecular weight is 259 g/mol. The van der Waals surface area contributed by atoms with E-state index in [1.54, 1.807) is 12.1 Å². The van der Waals surface area contributed by atoms with Gasteiger partial charge >= 0.3 is 5.97 Å². The molecule has 0 aliphatic carbocycles. The van der Waals surface area contributed by atoms with Crippen molar-refractivity contribution in [1.82, 2.24) is 0 Å². The summed E-state index contributed by atoms with van der Waals surface area (Å²) in [6.07, 6.45) is 0. The Hall–Kier alpha value is -0.670. The molecule has 0 heterocycles. The molecule has 0 saturated carbocycles. The van der Waals surface area contributed by atoms with E-state index in [4.69, 9.17) is 11.6 Å². The Morgan fingerprint density at radius 2 is 1.81 bits per heavy atom. The fourth-order valence-corrected chi connectivity index (χ4v) is 2.39. The zero-order valence-corrected chi connectivity index (χ0v) is 11.1. The van der Waals surface area contributed by atoms with Gasteiger partial charge in [-0.2, -0.15) is 0 Å². The highest BCUT2D eigenvalue weighted by molar-refractivity contribution is 8.00. The summed E-state index contributed by atoms with van der Waals surface area (Å²) in [6.45, 7) is 5.78. The van der Waals surface area contributed by atoms with Crippen LogP contribution >= 0.6 is 23.4 Å². The van der Waals surface area contributed by atoms with Crippen LogP contribution in [0.25, 0.3) is 0 Å². The molecule has 1 atom stereocenters. The Balaban J connectivity index is 2.84. The summed E-state index contributed by atoms with van der Waals surface area (Å²) < 4.78 is 0. The summed E-state index contributed by atoms with van der Waals surface area (Å²) >= 11 is 7.13. The molecule has 4 heteroatoms. The number of hydrogen-bond acceptors (Lipinski definition) is 2. The topological polar surface area (TPSA) is 37.3 Å². The summed E-state index contributed by atoms with van der Waals surface area (Å²) in [4.78, 5) is 12.1. The van der Waals surface area contributed by atoms with Crippen molar-refractivity contribution in [2.75, 3.05) is 0 Å². The van der Waals surface area contributed by atoms with E-state index in [9.17, 15) is 9.90 Å². The van der Waals surface area contributed by atoms with Gasteiger partial charge in [0.2, 0.25) is 0 Å². The van der Waals surface area contributed by atoms with Crippen LogP contribution in [0.3, 0.4) is 0 Å². The lowest BCUT2D eigenvalue weighted by Gasteiger charge is -2.26. The van der Waals surface area contributed by atoms with Crippen molar-refractivity contribution in [2.24, 2.45) is 5.41 Å². The second-order valence-electron chi connectivity index (χ2n) is 4.66. The van der Waals surface area contributed by atoms with Crippen molar-refractivity contribution in [1.29, 1.82) is 0 Å². The number of benzene rings is 1. The summed E-state index contributed by atoms with van der Waals surface area (Å²) in [6, 6.07) is 7.22. The fraction of sp³-hybridized carbons (Fsp3) is 0.417. The van der Waals surface area contributed by atoms with Crippen molar-refractivity contribution in [2.45, 2.75) is 30.9 Å². The van der Waals surface area contributed by atoms with Gasteiger partial charge in [0.1, 0.15) is 5.25 Å². The monoisotopic (exact) mass is 258 g/mol. The maximum absolute atomic E-state index is 11.2. The number of carboxylic acids is 1. The minimum Gasteiger partial charge on any atom is -0.480 e. The van der Waals surface area contributed by atoms with Gasteiger partial charge in [-0.05, 0) is 29.7 Å². The standard InChI is InChI=1S/C12H15ClO2S/c1-12(2,3)10(11(14)15)16-9-6-4-8(13)5-7-9/h4-7,10H,1-3H3,(H,14,15). The Bertz CT molecular complexity index is 368. The Kier molecular flexibility index (Phi) is 4.28. The number of thioether (sulfide) groups is 1. The van der Waals surface area contributed by atoms with E-state index in [2.05, 4.69) is 0 Å². The Morgan fingerprint density at radius 3 is 2.19 bits per heavy atom. The number of carboxylic acid groups (broad SMARTS) is 1. The molecule has 0 saturated heterocycles. The van der Waals surface area contributed by atoms with E-state index in [1.165, 1.54) is 11.8 Å². The van der Waals surface area contributed by atoms with Crippen molar-refractivity contribution >= 4 is 29.3 Å². The lowest BCUT2D eigenvalue weighted by molar-refractivity contribution is -0.138. The van der Waals surface area contributed by atoms with Crippen LogP contribution in [0.1, 0.15) is 20.8 Å². The normalized spacial score (nSPS) is 13.5. The van der Waals surface area contributed by atoms with E-state index in [1.807, 2.05) is 32.9 Å². The lowest BCUT2D eigenvalue weighted by atomic mass is 9.92. The number of hydrogen-bond donors (Lipinski definition) is 1. The summed E-state index contributed by atoms with van der Waals surface area (Å²) in [7, 11) is 0. The molecule has 0 aliphatic rings. The molecule has 0 amide bonds. The molecule has 1 aromatic carbocycles. The van der Waals surface area contributed by atoms with Gasteiger partial charge in [-0.15, -0.1) is 11.8 Å². The average Bonchev–Trinajstić information content (AvgIpc) is 2.14. The Labute approximate surface area is 105 Å². The maximum Gasteiger partial charge on any atom is 0.317 e. The van der Waals surface area contributed by atoms with Crippen LogP contribution in [0.5, 0.6) is 0 Å². The SMILES string of the molecule is CC(C)(C)C(Sc1ccc(Cl)cc1)C(=O)O. The highest BCUT2D eigenvalue weighted by Gasteiger charge is 2.32. The lowest BCUT2D eigenvalue weighted by Crippen LogP contribution is -2.31. The molecule has 0 radical (unpaired) electrons. The molecule has 88 valence electrons. The predicted octanol–water partition coefficient (Wildman–Crippen LogP) is 3.93. The zero-order valence-electron chi connectivity index (χ0n) is 9.53. The molecular weight excluding hydrogens is 244 g/mol. The van der Waals surface area contributed by atoms with Gasteiger partial charge in [0.15, 0.2) is 0 Å².